The molecule has 1 heterocycles. The van der Waals surface area contributed by atoms with E-state index in [-0.39, 0.29) is 5.78 Å². The summed E-state index contributed by atoms with van der Waals surface area (Å²) in [6, 6.07) is 5.39. The number of ketones is 1. The van der Waals surface area contributed by atoms with Gasteiger partial charge in [-0.2, -0.15) is 0 Å². The van der Waals surface area contributed by atoms with Crippen LogP contribution in [-0.4, -0.2) is 24.1 Å². The fraction of sp³-hybridized carbons (Fsp3) is 0.308. The van der Waals surface area contributed by atoms with Gasteiger partial charge in [-0.25, -0.2) is 0 Å². The van der Waals surface area contributed by atoms with Crippen LogP contribution in [0.15, 0.2) is 18.2 Å². The third-order valence-corrected chi connectivity index (χ3v) is 3.46. The van der Waals surface area contributed by atoms with Crippen molar-refractivity contribution in [3.63, 3.8) is 0 Å². The number of Topliss-reactive ketones (excluding diaryl/α,β-unsaturated/α-hetero) is 1. The number of hydrogen-bond acceptors (Lipinski definition) is 2. The lowest BCUT2D eigenvalue weighted by Crippen LogP contribution is -2.04. The number of aromatic nitrogens is 1. The molecule has 5 heteroatoms. The average Bonchev–Trinajstić information content (AvgIpc) is 2.58. The Morgan fingerprint density at radius 3 is 2.72 bits per heavy atom. The first-order valence-electron chi connectivity index (χ1n) is 5.53. The molecule has 0 spiro atoms. The Morgan fingerprint density at radius 2 is 2.11 bits per heavy atom. The highest BCUT2D eigenvalue weighted by atomic mass is 35.5. The number of ether oxygens (including phenoxy) is 1. The van der Waals surface area contributed by atoms with Gasteiger partial charge in [0, 0.05) is 24.1 Å². The molecule has 3 nitrogen and oxygen atoms in total. The summed E-state index contributed by atoms with van der Waals surface area (Å²) in [6.07, 6.45) is 0. The summed E-state index contributed by atoms with van der Waals surface area (Å²) in [6.45, 7) is 2.61. The smallest absolute Gasteiger partial charge is 0.163 e. The molecule has 0 unspecified atom stereocenters. The first-order chi connectivity index (χ1) is 8.56. The number of halogens is 2. The van der Waals surface area contributed by atoms with Gasteiger partial charge in [0.05, 0.1) is 17.7 Å². The lowest BCUT2D eigenvalue weighted by molar-refractivity contribution is 0.101. The van der Waals surface area contributed by atoms with Gasteiger partial charge < -0.3 is 9.30 Å². The Labute approximate surface area is 115 Å². The minimum absolute atomic E-state index is 0.0523. The summed E-state index contributed by atoms with van der Waals surface area (Å²) in [5.74, 6) is -0.0523. The van der Waals surface area contributed by atoms with Crippen LogP contribution in [0.4, 0.5) is 0 Å². The van der Waals surface area contributed by atoms with Gasteiger partial charge in [-0.1, -0.05) is 29.3 Å². The van der Waals surface area contributed by atoms with Gasteiger partial charge >= 0.3 is 0 Å². The Kier molecular flexibility index (Phi) is 3.95. The largest absolute Gasteiger partial charge is 0.383 e. The summed E-state index contributed by atoms with van der Waals surface area (Å²) in [7, 11) is 1.62. The van der Waals surface area contributed by atoms with Gasteiger partial charge in [-0.3, -0.25) is 4.79 Å². The second kappa shape index (κ2) is 5.31. The molecule has 0 saturated heterocycles. The zero-order chi connectivity index (χ0) is 13.3. The highest BCUT2D eigenvalue weighted by Crippen LogP contribution is 2.32. The maximum atomic E-state index is 11.7. The highest BCUT2D eigenvalue weighted by molar-refractivity contribution is 6.36. The summed E-state index contributed by atoms with van der Waals surface area (Å²) >= 11 is 12.3. The van der Waals surface area contributed by atoms with E-state index in [0.717, 1.165) is 10.9 Å². The van der Waals surface area contributed by atoms with Gasteiger partial charge in [0.15, 0.2) is 5.78 Å². The normalized spacial score (nSPS) is 11.1. The first-order valence-corrected chi connectivity index (χ1v) is 6.29. The van der Waals surface area contributed by atoms with Crippen LogP contribution in [-0.2, 0) is 11.3 Å². The molecule has 0 amide bonds. The molecule has 0 fully saturated rings. The lowest BCUT2D eigenvalue weighted by atomic mass is 10.1. The number of nitrogens with zero attached hydrogens (tertiary/aromatic N) is 1. The quantitative estimate of drug-likeness (QED) is 0.800. The molecule has 1 aromatic heterocycles. The van der Waals surface area contributed by atoms with Crippen molar-refractivity contribution < 1.29 is 9.53 Å². The molecule has 0 aliphatic rings. The molecule has 2 aromatic rings. The zero-order valence-electron chi connectivity index (χ0n) is 10.2. The van der Waals surface area contributed by atoms with Crippen LogP contribution in [0.3, 0.4) is 0 Å². The Balaban J connectivity index is 2.70. The maximum Gasteiger partial charge on any atom is 0.163 e. The van der Waals surface area contributed by atoms with Crippen molar-refractivity contribution in [2.75, 3.05) is 13.7 Å². The standard InChI is InChI=1S/C13H13Cl2NO2/c1-8(17)12-10-4-3-9(14)7-11(10)16(13(12)15)5-6-18-2/h3-4,7H,5-6H2,1-2H3. The van der Waals surface area contributed by atoms with Crippen LogP contribution < -0.4 is 0 Å². The summed E-state index contributed by atoms with van der Waals surface area (Å²) in [5.41, 5.74) is 1.40. The second-order valence-corrected chi connectivity index (χ2v) is 4.82. The van der Waals surface area contributed by atoms with Crippen molar-refractivity contribution in [2.24, 2.45) is 0 Å². The predicted octanol–water partition coefficient (Wildman–Crippen LogP) is 3.80. The van der Waals surface area contributed by atoms with Crippen molar-refractivity contribution in [3.05, 3.63) is 33.9 Å². The van der Waals surface area contributed by atoms with Crippen LogP contribution in [0, 0.1) is 0 Å². The number of carbonyl (C=O) groups excluding carboxylic acids is 1. The summed E-state index contributed by atoms with van der Waals surface area (Å²) in [5, 5.41) is 1.88. The van der Waals surface area contributed by atoms with Crippen molar-refractivity contribution in [3.8, 4) is 0 Å². The van der Waals surface area contributed by atoms with Crippen molar-refractivity contribution >= 4 is 39.9 Å². The zero-order valence-corrected chi connectivity index (χ0v) is 11.7. The molecule has 0 atom stereocenters. The fourth-order valence-corrected chi connectivity index (χ4v) is 2.60. The van der Waals surface area contributed by atoms with Gasteiger partial charge in [-0.15, -0.1) is 0 Å². The van der Waals surface area contributed by atoms with E-state index in [4.69, 9.17) is 27.9 Å². The van der Waals surface area contributed by atoms with Crippen molar-refractivity contribution in [1.82, 2.24) is 4.57 Å². The topological polar surface area (TPSA) is 31.2 Å². The predicted molar refractivity (Wildman–Crippen MR) is 73.8 cm³/mol. The van der Waals surface area contributed by atoms with E-state index in [0.29, 0.717) is 28.9 Å². The van der Waals surface area contributed by atoms with E-state index in [2.05, 4.69) is 0 Å². The van der Waals surface area contributed by atoms with Crippen molar-refractivity contribution in [2.45, 2.75) is 13.5 Å². The Hall–Kier alpha value is -1.03. The Morgan fingerprint density at radius 1 is 1.39 bits per heavy atom. The molecule has 96 valence electrons. The monoisotopic (exact) mass is 285 g/mol. The average molecular weight is 286 g/mol. The van der Waals surface area contributed by atoms with E-state index >= 15 is 0 Å². The first kappa shape index (κ1) is 13.4. The van der Waals surface area contributed by atoms with Gasteiger partial charge in [0.25, 0.3) is 0 Å². The van der Waals surface area contributed by atoms with Crippen LogP contribution >= 0.6 is 23.2 Å². The minimum Gasteiger partial charge on any atom is -0.383 e. The molecule has 0 aliphatic heterocycles. The highest BCUT2D eigenvalue weighted by Gasteiger charge is 2.18. The van der Waals surface area contributed by atoms with E-state index < -0.39 is 0 Å². The fourth-order valence-electron chi connectivity index (χ4n) is 2.03. The molecule has 0 radical (unpaired) electrons. The third-order valence-electron chi connectivity index (χ3n) is 2.83. The van der Waals surface area contributed by atoms with Crippen molar-refractivity contribution in [1.29, 1.82) is 0 Å². The van der Waals surface area contributed by atoms with Crippen LogP contribution in [0.25, 0.3) is 10.9 Å². The minimum atomic E-state index is -0.0523. The number of benzene rings is 1. The van der Waals surface area contributed by atoms with Crippen LogP contribution in [0.5, 0.6) is 0 Å². The van der Waals surface area contributed by atoms with Crippen LogP contribution in [0.1, 0.15) is 17.3 Å². The second-order valence-electron chi connectivity index (χ2n) is 4.03. The number of methoxy groups -OCH3 is 1. The number of hydrogen-bond donors (Lipinski definition) is 0. The molecule has 0 saturated carbocycles. The van der Waals surface area contributed by atoms with E-state index in [9.17, 15) is 4.79 Å². The molecule has 0 N–H and O–H groups in total. The van der Waals surface area contributed by atoms with E-state index in [1.807, 2.05) is 16.7 Å². The number of fused-ring (bicyclic) bond motifs is 1. The molecule has 2 rings (SSSR count). The van der Waals surface area contributed by atoms with Gasteiger partial charge in [-0.05, 0) is 19.1 Å². The van der Waals surface area contributed by atoms with E-state index in [1.165, 1.54) is 6.92 Å². The van der Waals surface area contributed by atoms with Gasteiger partial charge in [0.1, 0.15) is 5.15 Å². The summed E-state index contributed by atoms with van der Waals surface area (Å²) in [4.78, 5) is 11.7. The molecule has 0 bridgehead atoms. The molecule has 18 heavy (non-hydrogen) atoms. The number of rotatable bonds is 4. The molecular weight excluding hydrogens is 273 g/mol. The Bertz CT molecular complexity index is 605. The SMILES string of the molecule is COCCn1c(Cl)c(C(C)=O)c2ccc(Cl)cc21. The van der Waals surface area contributed by atoms with Crippen LogP contribution in [0.2, 0.25) is 10.2 Å². The number of carbonyl (C=O) groups is 1. The molecule has 0 aliphatic carbocycles. The third kappa shape index (κ3) is 2.26. The van der Waals surface area contributed by atoms with E-state index in [1.54, 1.807) is 13.2 Å². The molecular formula is C13H13Cl2NO2. The lowest BCUT2D eigenvalue weighted by Gasteiger charge is -2.06. The maximum absolute atomic E-state index is 11.7. The van der Waals surface area contributed by atoms with Gasteiger partial charge in [0.2, 0.25) is 0 Å². The molecule has 1 aromatic carbocycles. The summed E-state index contributed by atoms with van der Waals surface area (Å²) < 4.78 is 6.90.